The molecule has 4 rings (SSSR count). The molecule has 2 bridgehead atoms. The van der Waals surface area contributed by atoms with Crippen molar-refractivity contribution in [2.45, 2.75) is 107 Å². The van der Waals surface area contributed by atoms with E-state index in [0.29, 0.717) is 19.4 Å². The zero-order valence-corrected chi connectivity index (χ0v) is 27.3. The Morgan fingerprint density at radius 3 is 2.38 bits per heavy atom. The zero-order chi connectivity index (χ0) is 29.6. The van der Waals surface area contributed by atoms with Gasteiger partial charge in [-0.2, -0.15) is 0 Å². The zero-order valence-electron chi connectivity index (χ0n) is 24.9. The first-order chi connectivity index (χ1) is 18.6. The molecular formula is C31H46BrN3O4S. The summed E-state index contributed by atoms with van der Waals surface area (Å²) in [7, 11) is 0. The summed E-state index contributed by atoms with van der Waals surface area (Å²) in [6.07, 6.45) is 1.96. The molecule has 0 aliphatic carbocycles. The van der Waals surface area contributed by atoms with Crippen LogP contribution in [0.15, 0.2) is 30.3 Å². The minimum absolute atomic E-state index is 0.00247. The third-order valence-electron chi connectivity index (χ3n) is 8.37. The van der Waals surface area contributed by atoms with E-state index in [-0.39, 0.29) is 45.7 Å². The van der Waals surface area contributed by atoms with Crippen LogP contribution in [0, 0.1) is 23.2 Å². The normalized spacial score (nSPS) is 30.5. The molecule has 7 nitrogen and oxygen atoms in total. The predicted octanol–water partition coefficient (Wildman–Crippen LogP) is 4.51. The molecule has 3 unspecified atom stereocenters. The van der Waals surface area contributed by atoms with Crippen LogP contribution in [0.1, 0.15) is 73.3 Å². The number of fused-ring (bicyclic) bond motifs is 1. The van der Waals surface area contributed by atoms with E-state index in [2.05, 4.69) is 61.2 Å². The summed E-state index contributed by atoms with van der Waals surface area (Å²) in [5.74, 6) is -1.46. The summed E-state index contributed by atoms with van der Waals surface area (Å²) in [5.41, 5.74) is 0.497. The van der Waals surface area contributed by atoms with Crippen molar-refractivity contribution < 1.29 is 19.5 Å². The Morgan fingerprint density at radius 1 is 1.15 bits per heavy atom. The molecule has 222 valence electrons. The monoisotopic (exact) mass is 635 g/mol. The number of halogens is 1. The van der Waals surface area contributed by atoms with Crippen LogP contribution in [0.25, 0.3) is 0 Å². The molecule has 9 heteroatoms. The number of rotatable bonds is 10. The lowest BCUT2D eigenvalue weighted by molar-refractivity contribution is -0.143. The standard InChI is InChI=1S/C31H46BrN3O4S/c1-18(2)13-20(16-36)35-25(27(38)34-30(6,7)17-29(3,4)5)31-14-21(32)24(40-31)22(23(31)28(35)39)26(37)33-15-19-11-9-8-10-12-19/h8-12,18,20-25,36H,13-17H2,1-7H3,(H,33,37)(H,34,38)/t20-,21?,22+,23+,24+,25?,31?/m1/s1. The number of hydrogen-bond donors (Lipinski definition) is 3. The minimum atomic E-state index is -0.762. The van der Waals surface area contributed by atoms with E-state index in [1.165, 1.54) is 0 Å². The van der Waals surface area contributed by atoms with Crippen LogP contribution in [-0.2, 0) is 20.9 Å². The first kappa shape index (κ1) is 31.4. The molecule has 1 aromatic carbocycles. The number of nitrogens with one attached hydrogen (secondary N) is 2. The summed E-state index contributed by atoms with van der Waals surface area (Å²) in [5, 5.41) is 16.7. The fraction of sp³-hybridized carbons (Fsp3) is 0.710. The van der Waals surface area contributed by atoms with Crippen molar-refractivity contribution in [2.24, 2.45) is 23.2 Å². The van der Waals surface area contributed by atoms with E-state index in [1.54, 1.807) is 16.7 Å². The van der Waals surface area contributed by atoms with Gasteiger partial charge in [-0.25, -0.2) is 0 Å². The summed E-state index contributed by atoms with van der Waals surface area (Å²) in [4.78, 5) is 44.1. The molecule has 0 aromatic heterocycles. The van der Waals surface area contributed by atoms with E-state index in [4.69, 9.17) is 0 Å². The molecule has 1 spiro atoms. The fourth-order valence-electron chi connectivity index (χ4n) is 7.56. The van der Waals surface area contributed by atoms with Gasteiger partial charge in [-0.1, -0.05) is 80.9 Å². The van der Waals surface area contributed by atoms with Crippen LogP contribution in [0.4, 0.5) is 0 Å². The Labute approximate surface area is 252 Å². The second kappa shape index (κ2) is 11.6. The molecule has 3 aliphatic heterocycles. The first-order valence-electron chi connectivity index (χ1n) is 14.5. The van der Waals surface area contributed by atoms with Gasteiger partial charge in [0, 0.05) is 22.2 Å². The lowest BCUT2D eigenvalue weighted by Gasteiger charge is -2.41. The Morgan fingerprint density at radius 2 is 1.80 bits per heavy atom. The van der Waals surface area contributed by atoms with Crippen LogP contribution < -0.4 is 10.6 Å². The molecule has 1 aromatic rings. The SMILES string of the molecule is CC(C)C[C@H](CO)N1C(=O)[C@@H]2[C@H](C(=O)NCc3ccccc3)[C@H]3SC2(CC3Br)C1C(=O)NC(C)(C)CC(C)(C)C. The van der Waals surface area contributed by atoms with Gasteiger partial charge in [-0.05, 0) is 50.0 Å². The van der Waals surface area contributed by atoms with Crippen molar-refractivity contribution in [1.82, 2.24) is 15.5 Å². The fourth-order valence-corrected chi connectivity index (χ4v) is 11.2. The number of carbonyl (C=O) groups is 3. The van der Waals surface area contributed by atoms with Gasteiger partial charge in [0.05, 0.1) is 29.2 Å². The van der Waals surface area contributed by atoms with Gasteiger partial charge in [0.15, 0.2) is 0 Å². The average Bonchev–Trinajstić information content (AvgIpc) is 3.43. The third-order valence-corrected chi connectivity index (χ3v) is 11.6. The molecule has 0 radical (unpaired) electrons. The minimum Gasteiger partial charge on any atom is -0.394 e. The van der Waals surface area contributed by atoms with Gasteiger partial charge >= 0.3 is 0 Å². The molecule has 3 N–H and O–H groups in total. The highest BCUT2D eigenvalue weighted by atomic mass is 79.9. The highest BCUT2D eigenvalue weighted by molar-refractivity contribution is 9.09. The number of benzene rings is 1. The average molecular weight is 637 g/mol. The molecule has 3 aliphatic rings. The van der Waals surface area contributed by atoms with E-state index in [1.807, 2.05) is 44.2 Å². The van der Waals surface area contributed by atoms with Gasteiger partial charge in [0.25, 0.3) is 0 Å². The van der Waals surface area contributed by atoms with Crippen LogP contribution in [0.2, 0.25) is 0 Å². The molecule has 3 fully saturated rings. The molecule has 40 heavy (non-hydrogen) atoms. The van der Waals surface area contributed by atoms with E-state index in [9.17, 15) is 19.5 Å². The molecule has 3 heterocycles. The molecular weight excluding hydrogens is 590 g/mol. The predicted molar refractivity (Wildman–Crippen MR) is 164 cm³/mol. The Kier molecular flexibility index (Phi) is 9.09. The maximum Gasteiger partial charge on any atom is 0.244 e. The van der Waals surface area contributed by atoms with Gasteiger partial charge in [0.2, 0.25) is 17.7 Å². The van der Waals surface area contributed by atoms with Crippen molar-refractivity contribution in [3.8, 4) is 0 Å². The van der Waals surface area contributed by atoms with E-state index < -0.39 is 34.2 Å². The summed E-state index contributed by atoms with van der Waals surface area (Å²) in [6.45, 7) is 14.8. The number of amides is 3. The molecule has 3 amide bonds. The second-order valence-corrected chi connectivity index (χ2v) is 16.9. The summed E-state index contributed by atoms with van der Waals surface area (Å²) in [6, 6.07) is 8.48. The summed E-state index contributed by atoms with van der Waals surface area (Å²) >= 11 is 5.46. The number of hydrogen-bond acceptors (Lipinski definition) is 5. The second-order valence-electron chi connectivity index (χ2n) is 14.2. The number of nitrogens with zero attached hydrogens (tertiary/aromatic N) is 1. The quantitative estimate of drug-likeness (QED) is 0.329. The number of alkyl halides is 1. The van der Waals surface area contributed by atoms with Gasteiger partial charge in [0.1, 0.15) is 6.04 Å². The summed E-state index contributed by atoms with van der Waals surface area (Å²) < 4.78 is -0.739. The van der Waals surface area contributed by atoms with E-state index in [0.717, 1.165) is 12.0 Å². The number of aliphatic hydroxyl groups excluding tert-OH is 1. The largest absolute Gasteiger partial charge is 0.394 e. The van der Waals surface area contributed by atoms with E-state index >= 15 is 0 Å². The van der Waals surface area contributed by atoms with Crippen LogP contribution >= 0.6 is 27.7 Å². The molecule has 7 atom stereocenters. The van der Waals surface area contributed by atoms with Crippen molar-refractivity contribution in [1.29, 1.82) is 0 Å². The Balaban J connectivity index is 1.70. The van der Waals surface area contributed by atoms with Crippen molar-refractivity contribution in [2.75, 3.05) is 6.61 Å². The number of likely N-dealkylation sites (tertiary alicyclic amines) is 1. The molecule has 0 saturated carbocycles. The van der Waals surface area contributed by atoms with Crippen LogP contribution in [-0.4, -0.2) is 66.8 Å². The Hall–Kier alpha value is -1.58. The number of aliphatic hydroxyl groups is 1. The smallest absolute Gasteiger partial charge is 0.244 e. The van der Waals surface area contributed by atoms with Gasteiger partial charge in [-0.15, -0.1) is 11.8 Å². The first-order valence-corrected chi connectivity index (χ1v) is 16.3. The van der Waals surface area contributed by atoms with Gasteiger partial charge < -0.3 is 20.6 Å². The van der Waals surface area contributed by atoms with Crippen molar-refractivity contribution >= 4 is 45.4 Å². The lowest BCUT2D eigenvalue weighted by Crippen LogP contribution is -2.60. The lowest BCUT2D eigenvalue weighted by atomic mass is 9.70. The number of thioether (sulfide) groups is 1. The van der Waals surface area contributed by atoms with Crippen LogP contribution in [0.3, 0.4) is 0 Å². The molecule has 3 saturated heterocycles. The maximum absolute atomic E-state index is 14.4. The van der Waals surface area contributed by atoms with Crippen LogP contribution in [0.5, 0.6) is 0 Å². The van der Waals surface area contributed by atoms with Crippen molar-refractivity contribution in [3.05, 3.63) is 35.9 Å². The Bertz CT molecular complexity index is 1110. The highest BCUT2D eigenvalue weighted by Crippen LogP contribution is 2.68. The highest BCUT2D eigenvalue weighted by Gasteiger charge is 2.76. The van der Waals surface area contributed by atoms with Crippen molar-refractivity contribution in [3.63, 3.8) is 0 Å². The van der Waals surface area contributed by atoms with Gasteiger partial charge in [-0.3, -0.25) is 14.4 Å². The topological polar surface area (TPSA) is 98.7 Å². The third kappa shape index (κ3) is 6.12. The maximum atomic E-state index is 14.4. The number of carbonyl (C=O) groups excluding carboxylic acids is 3.